The van der Waals surface area contributed by atoms with E-state index >= 15 is 0 Å². The number of carbonyl (C=O) groups is 1. The van der Waals surface area contributed by atoms with Crippen molar-refractivity contribution in [3.05, 3.63) is 34.3 Å². The van der Waals surface area contributed by atoms with Gasteiger partial charge in [0.25, 0.3) is 0 Å². The summed E-state index contributed by atoms with van der Waals surface area (Å²) in [6.45, 7) is 2.47. The molecule has 112 valence electrons. The van der Waals surface area contributed by atoms with Crippen LogP contribution in [-0.4, -0.2) is 17.4 Å². The highest BCUT2D eigenvalue weighted by Gasteiger charge is 2.08. The van der Waals surface area contributed by atoms with E-state index in [1.54, 1.807) is 17.4 Å². The van der Waals surface area contributed by atoms with E-state index in [2.05, 4.69) is 10.3 Å². The molecule has 21 heavy (non-hydrogen) atoms. The molecule has 0 aliphatic rings. The molecule has 0 fully saturated rings. The van der Waals surface area contributed by atoms with Crippen LogP contribution in [-0.2, 0) is 4.79 Å². The molecule has 0 unspecified atom stereocenters. The first kappa shape index (κ1) is 16.3. The van der Waals surface area contributed by atoms with Crippen molar-refractivity contribution in [1.29, 1.82) is 0 Å². The first-order valence-electron chi connectivity index (χ1n) is 6.48. The molecular formula is C14H16ClN3OS2. The first-order valence-corrected chi connectivity index (χ1v) is 8.55. The zero-order valence-electron chi connectivity index (χ0n) is 11.6. The van der Waals surface area contributed by atoms with Crippen molar-refractivity contribution in [1.82, 2.24) is 4.98 Å². The van der Waals surface area contributed by atoms with E-state index in [1.165, 1.54) is 11.8 Å². The zero-order valence-corrected chi connectivity index (χ0v) is 13.9. The number of nitrogens with two attached hydrogens (primary N) is 1. The summed E-state index contributed by atoms with van der Waals surface area (Å²) < 4.78 is 0.953. The Balaban J connectivity index is 2.01. The standard InChI is InChI=1S/C14H16ClN3OS2/c1-9-8-20-14(17-9)21-12-5-4-10(7-11(12)15)18-13(19)3-2-6-16/h4-5,7-8H,2-3,6,16H2,1H3,(H,18,19). The van der Waals surface area contributed by atoms with Crippen molar-refractivity contribution in [3.8, 4) is 0 Å². The van der Waals surface area contributed by atoms with Gasteiger partial charge in [0.2, 0.25) is 5.91 Å². The molecule has 0 radical (unpaired) electrons. The predicted molar refractivity (Wildman–Crippen MR) is 89.3 cm³/mol. The minimum Gasteiger partial charge on any atom is -0.330 e. The Morgan fingerprint density at radius 3 is 2.95 bits per heavy atom. The van der Waals surface area contributed by atoms with Gasteiger partial charge >= 0.3 is 0 Å². The minimum atomic E-state index is -0.0486. The topological polar surface area (TPSA) is 68.0 Å². The average Bonchev–Trinajstić information content (AvgIpc) is 2.85. The summed E-state index contributed by atoms with van der Waals surface area (Å²) >= 11 is 9.37. The zero-order chi connectivity index (χ0) is 15.2. The molecule has 1 heterocycles. The number of carbonyl (C=O) groups excluding carboxylic acids is 1. The minimum absolute atomic E-state index is 0.0486. The number of thiazole rings is 1. The molecule has 4 nitrogen and oxygen atoms in total. The van der Waals surface area contributed by atoms with Gasteiger partial charge in [-0.2, -0.15) is 0 Å². The second-order valence-electron chi connectivity index (χ2n) is 4.44. The molecule has 2 aromatic rings. The molecule has 0 aliphatic carbocycles. The van der Waals surface area contributed by atoms with Crippen LogP contribution in [0.15, 0.2) is 32.8 Å². The number of aromatic nitrogens is 1. The Bertz CT molecular complexity index is 630. The fourth-order valence-corrected chi connectivity index (χ4v) is 3.71. The van der Waals surface area contributed by atoms with Gasteiger partial charge in [0.1, 0.15) is 0 Å². The van der Waals surface area contributed by atoms with Gasteiger partial charge < -0.3 is 11.1 Å². The molecule has 3 N–H and O–H groups in total. The number of anilines is 1. The van der Waals surface area contributed by atoms with E-state index in [4.69, 9.17) is 17.3 Å². The van der Waals surface area contributed by atoms with Gasteiger partial charge in [-0.05, 0) is 38.1 Å². The molecule has 0 saturated carbocycles. The Hall–Kier alpha value is -1.08. The van der Waals surface area contributed by atoms with Crippen molar-refractivity contribution in [2.24, 2.45) is 5.73 Å². The highest BCUT2D eigenvalue weighted by Crippen LogP contribution is 2.36. The lowest BCUT2D eigenvalue weighted by atomic mass is 10.2. The van der Waals surface area contributed by atoms with Crippen LogP contribution in [0.2, 0.25) is 5.02 Å². The number of aryl methyl sites for hydroxylation is 1. The molecule has 0 atom stereocenters. The third kappa shape index (κ3) is 5.00. The van der Waals surface area contributed by atoms with Crippen molar-refractivity contribution in [2.75, 3.05) is 11.9 Å². The summed E-state index contributed by atoms with van der Waals surface area (Å²) in [5, 5.41) is 5.42. The van der Waals surface area contributed by atoms with Crippen molar-refractivity contribution < 1.29 is 4.79 Å². The smallest absolute Gasteiger partial charge is 0.224 e. The van der Waals surface area contributed by atoms with Gasteiger partial charge in [0.15, 0.2) is 4.34 Å². The predicted octanol–water partition coefficient (Wildman–Crippen LogP) is 3.93. The van der Waals surface area contributed by atoms with E-state index in [0.717, 1.165) is 14.9 Å². The molecule has 1 aromatic carbocycles. The van der Waals surface area contributed by atoms with E-state index in [1.807, 2.05) is 24.4 Å². The van der Waals surface area contributed by atoms with Crippen molar-refractivity contribution in [3.63, 3.8) is 0 Å². The molecule has 0 saturated heterocycles. The lowest BCUT2D eigenvalue weighted by Crippen LogP contribution is -2.13. The van der Waals surface area contributed by atoms with Gasteiger partial charge in [-0.3, -0.25) is 4.79 Å². The summed E-state index contributed by atoms with van der Waals surface area (Å²) in [4.78, 5) is 17.0. The summed E-state index contributed by atoms with van der Waals surface area (Å²) in [6.07, 6.45) is 1.10. The Morgan fingerprint density at radius 1 is 1.52 bits per heavy atom. The number of amides is 1. The van der Waals surface area contributed by atoms with Crippen LogP contribution in [0.3, 0.4) is 0 Å². The molecule has 1 aromatic heterocycles. The van der Waals surface area contributed by atoms with Gasteiger partial charge in [0, 0.05) is 28.1 Å². The van der Waals surface area contributed by atoms with Crippen molar-refractivity contribution in [2.45, 2.75) is 29.0 Å². The number of rotatable bonds is 6. The van der Waals surface area contributed by atoms with E-state index in [9.17, 15) is 4.79 Å². The van der Waals surface area contributed by atoms with E-state index in [-0.39, 0.29) is 5.91 Å². The average molecular weight is 342 g/mol. The third-order valence-electron chi connectivity index (χ3n) is 2.62. The summed E-state index contributed by atoms with van der Waals surface area (Å²) in [7, 11) is 0. The van der Waals surface area contributed by atoms with Crippen LogP contribution in [0.25, 0.3) is 0 Å². The number of hydrogen-bond donors (Lipinski definition) is 2. The van der Waals surface area contributed by atoms with Crippen LogP contribution in [0, 0.1) is 6.92 Å². The lowest BCUT2D eigenvalue weighted by Gasteiger charge is -2.07. The van der Waals surface area contributed by atoms with Gasteiger partial charge in [-0.15, -0.1) is 11.3 Å². The molecule has 2 rings (SSSR count). The Morgan fingerprint density at radius 2 is 2.33 bits per heavy atom. The third-order valence-corrected chi connectivity index (χ3v) is 5.18. The summed E-state index contributed by atoms with van der Waals surface area (Å²) in [5.74, 6) is -0.0486. The number of nitrogens with zero attached hydrogens (tertiary/aromatic N) is 1. The van der Waals surface area contributed by atoms with Crippen LogP contribution < -0.4 is 11.1 Å². The van der Waals surface area contributed by atoms with Crippen molar-refractivity contribution >= 4 is 46.3 Å². The number of nitrogens with one attached hydrogen (secondary N) is 1. The van der Waals surface area contributed by atoms with E-state index in [0.29, 0.717) is 30.1 Å². The van der Waals surface area contributed by atoms with Crippen LogP contribution >= 0.6 is 34.7 Å². The number of benzene rings is 1. The quantitative estimate of drug-likeness (QED) is 0.835. The molecule has 7 heteroatoms. The highest BCUT2D eigenvalue weighted by molar-refractivity contribution is 8.01. The maximum Gasteiger partial charge on any atom is 0.224 e. The van der Waals surface area contributed by atoms with Crippen LogP contribution in [0.4, 0.5) is 5.69 Å². The Labute approximate surface area is 137 Å². The van der Waals surface area contributed by atoms with E-state index < -0.39 is 0 Å². The Kier molecular flexibility index (Phi) is 6.05. The van der Waals surface area contributed by atoms with Gasteiger partial charge in [-0.1, -0.05) is 23.4 Å². The highest BCUT2D eigenvalue weighted by atomic mass is 35.5. The largest absolute Gasteiger partial charge is 0.330 e. The monoisotopic (exact) mass is 341 g/mol. The molecule has 0 spiro atoms. The molecule has 0 bridgehead atoms. The lowest BCUT2D eigenvalue weighted by molar-refractivity contribution is -0.116. The van der Waals surface area contributed by atoms with Gasteiger partial charge in [-0.25, -0.2) is 4.98 Å². The fourth-order valence-electron chi connectivity index (χ4n) is 1.62. The van der Waals surface area contributed by atoms with Crippen LogP contribution in [0.5, 0.6) is 0 Å². The molecule has 1 amide bonds. The maximum absolute atomic E-state index is 11.6. The fraction of sp³-hybridized carbons (Fsp3) is 0.286. The number of halogens is 1. The SMILES string of the molecule is Cc1csc(Sc2ccc(NC(=O)CCCN)cc2Cl)n1. The second kappa shape index (κ2) is 7.79. The maximum atomic E-state index is 11.6. The normalized spacial score (nSPS) is 10.6. The molecule has 0 aliphatic heterocycles. The summed E-state index contributed by atoms with van der Waals surface area (Å²) in [5.41, 5.74) is 7.08. The van der Waals surface area contributed by atoms with Crippen LogP contribution in [0.1, 0.15) is 18.5 Å². The second-order valence-corrected chi connectivity index (χ2v) is 7.00. The molecular weight excluding hydrogens is 326 g/mol. The summed E-state index contributed by atoms with van der Waals surface area (Å²) in [6, 6.07) is 5.49. The number of hydrogen-bond acceptors (Lipinski definition) is 5. The first-order chi connectivity index (χ1) is 10.1. The van der Waals surface area contributed by atoms with Gasteiger partial charge in [0.05, 0.1) is 5.02 Å².